The van der Waals surface area contributed by atoms with Crippen molar-refractivity contribution < 1.29 is 13.5 Å². The summed E-state index contributed by atoms with van der Waals surface area (Å²) >= 11 is 4.18. The Morgan fingerprint density at radius 1 is 1.16 bits per heavy atom. The van der Waals surface area contributed by atoms with Crippen LogP contribution in [-0.4, -0.2) is 12.1 Å². The maximum atomic E-state index is 13.4. The minimum atomic E-state index is -0.543. The lowest BCUT2D eigenvalue weighted by atomic mass is 10.1. The van der Waals surface area contributed by atoms with Crippen molar-refractivity contribution in [1.29, 1.82) is 5.26 Å². The quantitative estimate of drug-likeness (QED) is 0.469. The Balaban J connectivity index is 0.000000196. The van der Waals surface area contributed by atoms with Crippen LogP contribution in [0.5, 0.6) is 5.75 Å². The molecule has 1 heterocycles. The first-order valence-corrected chi connectivity index (χ1v) is 7.56. The van der Waals surface area contributed by atoms with E-state index in [1.54, 1.807) is 24.4 Å². The van der Waals surface area contributed by atoms with Gasteiger partial charge >= 0.3 is 0 Å². The van der Waals surface area contributed by atoms with Gasteiger partial charge in [-0.3, -0.25) is 0 Å². The van der Waals surface area contributed by atoms with Crippen molar-refractivity contribution >= 4 is 18.3 Å². The standard InChI is InChI=1S/C11H10FNOS.C7H5FN2/c1-14-11-8(3-2-4-9(11)12)10-5-7(15)6-13-10;8-6-3-5(4-9)1-2-7(6)10/h2-6,13,15H,1H3;1-3H,10H2. The lowest BCUT2D eigenvalue weighted by Gasteiger charge is -2.07. The topological polar surface area (TPSA) is 74.8 Å². The van der Waals surface area contributed by atoms with Crippen molar-refractivity contribution in [2.75, 3.05) is 12.8 Å². The number of rotatable bonds is 2. The monoisotopic (exact) mass is 359 g/mol. The minimum Gasteiger partial charge on any atom is -0.493 e. The second-order valence-electron chi connectivity index (χ2n) is 4.94. The molecule has 25 heavy (non-hydrogen) atoms. The van der Waals surface area contributed by atoms with Crippen LogP contribution in [0.4, 0.5) is 14.5 Å². The molecule has 0 fully saturated rings. The molecular formula is C18H15F2N3OS. The molecule has 3 N–H and O–H groups in total. The molecule has 0 amide bonds. The van der Waals surface area contributed by atoms with Gasteiger partial charge in [0, 0.05) is 16.7 Å². The van der Waals surface area contributed by atoms with Crippen LogP contribution < -0.4 is 10.5 Å². The summed E-state index contributed by atoms with van der Waals surface area (Å²) in [6, 6.07) is 12.4. The van der Waals surface area contributed by atoms with Crippen LogP contribution in [0, 0.1) is 23.0 Å². The first kappa shape index (κ1) is 18.4. The summed E-state index contributed by atoms with van der Waals surface area (Å²) in [7, 11) is 1.45. The Morgan fingerprint density at radius 3 is 2.48 bits per heavy atom. The van der Waals surface area contributed by atoms with Gasteiger partial charge in [-0.15, -0.1) is 12.6 Å². The zero-order valence-corrected chi connectivity index (χ0v) is 14.1. The number of aromatic amines is 1. The molecule has 0 atom stereocenters. The average molecular weight is 359 g/mol. The number of nitrogens with two attached hydrogens (primary N) is 1. The number of nitrogen functional groups attached to an aromatic ring is 1. The number of thiol groups is 1. The van der Waals surface area contributed by atoms with Crippen LogP contribution in [0.25, 0.3) is 11.3 Å². The van der Waals surface area contributed by atoms with Gasteiger partial charge in [0.05, 0.1) is 30.1 Å². The Bertz CT molecular complexity index is 919. The number of hydrogen-bond acceptors (Lipinski definition) is 4. The van der Waals surface area contributed by atoms with E-state index in [-0.39, 0.29) is 22.8 Å². The zero-order chi connectivity index (χ0) is 18.4. The molecule has 0 aliphatic carbocycles. The molecule has 0 saturated carbocycles. The Kier molecular flexibility index (Phi) is 6.03. The van der Waals surface area contributed by atoms with Gasteiger partial charge in [0.1, 0.15) is 5.82 Å². The van der Waals surface area contributed by atoms with Crippen LogP contribution in [0.3, 0.4) is 0 Å². The van der Waals surface area contributed by atoms with E-state index < -0.39 is 5.82 Å². The van der Waals surface area contributed by atoms with Gasteiger partial charge in [0.25, 0.3) is 0 Å². The fourth-order valence-corrected chi connectivity index (χ4v) is 2.26. The number of ether oxygens (including phenoxy) is 1. The molecule has 1 aromatic heterocycles. The number of nitrogens with zero attached hydrogens (tertiary/aromatic N) is 1. The number of hydrogen-bond donors (Lipinski definition) is 3. The number of anilines is 1. The van der Waals surface area contributed by atoms with Gasteiger partial charge in [-0.1, -0.05) is 6.07 Å². The predicted octanol–water partition coefficient (Wildman–Crippen LogP) is 4.40. The molecule has 2 aromatic carbocycles. The molecule has 0 spiro atoms. The normalized spacial score (nSPS) is 9.72. The molecule has 0 saturated heterocycles. The number of H-pyrrole nitrogens is 1. The first-order valence-electron chi connectivity index (χ1n) is 7.11. The van der Waals surface area contributed by atoms with E-state index in [1.165, 1.54) is 25.3 Å². The van der Waals surface area contributed by atoms with Crippen LogP contribution in [-0.2, 0) is 0 Å². The molecular weight excluding hydrogens is 344 g/mol. The van der Waals surface area contributed by atoms with Gasteiger partial charge in [0.15, 0.2) is 11.6 Å². The highest BCUT2D eigenvalue weighted by molar-refractivity contribution is 7.80. The van der Waals surface area contributed by atoms with Gasteiger partial charge in [0.2, 0.25) is 0 Å². The smallest absolute Gasteiger partial charge is 0.165 e. The fraction of sp³-hybridized carbons (Fsp3) is 0.0556. The second kappa shape index (κ2) is 8.22. The summed E-state index contributed by atoms with van der Waals surface area (Å²) in [6.45, 7) is 0. The zero-order valence-electron chi connectivity index (χ0n) is 13.3. The maximum absolute atomic E-state index is 13.4. The number of benzene rings is 2. The Hall–Kier alpha value is -2.98. The average Bonchev–Trinajstić information content (AvgIpc) is 3.04. The van der Waals surface area contributed by atoms with Crippen molar-refractivity contribution in [1.82, 2.24) is 4.98 Å². The van der Waals surface area contributed by atoms with Crippen molar-refractivity contribution in [2.45, 2.75) is 4.90 Å². The van der Waals surface area contributed by atoms with E-state index in [9.17, 15) is 8.78 Å². The third kappa shape index (κ3) is 4.52. The molecule has 128 valence electrons. The predicted molar refractivity (Wildman–Crippen MR) is 95.5 cm³/mol. The van der Waals surface area contributed by atoms with Crippen LogP contribution in [0.2, 0.25) is 0 Å². The molecule has 0 bridgehead atoms. The van der Waals surface area contributed by atoms with E-state index in [2.05, 4.69) is 17.6 Å². The fourth-order valence-electron chi connectivity index (χ4n) is 2.06. The van der Waals surface area contributed by atoms with Crippen LogP contribution in [0.15, 0.2) is 53.6 Å². The van der Waals surface area contributed by atoms with Gasteiger partial charge < -0.3 is 15.5 Å². The maximum Gasteiger partial charge on any atom is 0.165 e. The summed E-state index contributed by atoms with van der Waals surface area (Å²) < 4.78 is 30.9. The molecule has 3 aromatic rings. The van der Waals surface area contributed by atoms with Crippen molar-refractivity contribution in [2.24, 2.45) is 0 Å². The number of nitriles is 1. The third-order valence-corrected chi connectivity index (χ3v) is 3.52. The van der Waals surface area contributed by atoms with E-state index in [0.717, 1.165) is 16.7 Å². The molecule has 3 rings (SSSR count). The number of para-hydroxylation sites is 1. The van der Waals surface area contributed by atoms with Gasteiger partial charge in [-0.25, -0.2) is 8.78 Å². The number of methoxy groups -OCH3 is 1. The lowest BCUT2D eigenvalue weighted by Crippen LogP contribution is -1.91. The van der Waals surface area contributed by atoms with Gasteiger partial charge in [-0.05, 0) is 36.4 Å². The number of aromatic nitrogens is 1. The van der Waals surface area contributed by atoms with Crippen LogP contribution >= 0.6 is 12.6 Å². The van der Waals surface area contributed by atoms with E-state index in [4.69, 9.17) is 15.7 Å². The minimum absolute atomic E-state index is 0.0685. The second-order valence-corrected chi connectivity index (χ2v) is 5.46. The molecule has 4 nitrogen and oxygen atoms in total. The highest BCUT2D eigenvalue weighted by Gasteiger charge is 2.11. The van der Waals surface area contributed by atoms with E-state index >= 15 is 0 Å². The molecule has 0 aliphatic rings. The van der Waals surface area contributed by atoms with Gasteiger partial charge in [-0.2, -0.15) is 5.26 Å². The number of halogens is 2. The van der Waals surface area contributed by atoms with E-state index in [0.29, 0.717) is 5.56 Å². The highest BCUT2D eigenvalue weighted by atomic mass is 32.1. The first-order chi connectivity index (χ1) is 12.0. The third-order valence-electron chi connectivity index (χ3n) is 3.26. The molecule has 0 aliphatic heterocycles. The molecule has 0 radical (unpaired) electrons. The Labute approximate surface area is 149 Å². The SMILES string of the molecule is COc1c(F)cccc1-c1cc(S)c[nH]1.N#Cc1ccc(N)c(F)c1. The van der Waals surface area contributed by atoms with E-state index in [1.807, 2.05) is 6.07 Å². The number of nitrogens with one attached hydrogen (secondary N) is 1. The lowest BCUT2D eigenvalue weighted by molar-refractivity contribution is 0.388. The van der Waals surface area contributed by atoms with Crippen molar-refractivity contribution in [3.05, 3.63) is 65.9 Å². The largest absolute Gasteiger partial charge is 0.493 e. The molecule has 7 heteroatoms. The van der Waals surface area contributed by atoms with Crippen molar-refractivity contribution in [3.63, 3.8) is 0 Å². The summed E-state index contributed by atoms with van der Waals surface area (Å²) in [5, 5.41) is 8.30. The Morgan fingerprint density at radius 2 is 1.92 bits per heavy atom. The summed E-state index contributed by atoms with van der Waals surface area (Å²) in [5.41, 5.74) is 6.99. The van der Waals surface area contributed by atoms with Crippen LogP contribution in [0.1, 0.15) is 5.56 Å². The van der Waals surface area contributed by atoms with Crippen molar-refractivity contribution in [3.8, 4) is 23.1 Å². The summed E-state index contributed by atoms with van der Waals surface area (Å²) in [4.78, 5) is 3.80. The highest BCUT2D eigenvalue weighted by Crippen LogP contribution is 2.32. The summed E-state index contributed by atoms with van der Waals surface area (Å²) in [5.74, 6) is -0.669. The summed E-state index contributed by atoms with van der Waals surface area (Å²) in [6.07, 6.45) is 1.74. The molecule has 0 unspecified atom stereocenters.